The number of aromatic nitrogens is 5. The Labute approximate surface area is 127 Å². The van der Waals surface area contributed by atoms with E-state index in [9.17, 15) is 0 Å². The van der Waals surface area contributed by atoms with Crippen LogP contribution in [0.1, 0.15) is 5.56 Å². The highest BCUT2D eigenvalue weighted by atomic mass is 32.1. The van der Waals surface area contributed by atoms with Crippen molar-refractivity contribution in [3.05, 3.63) is 36.4 Å². The zero-order valence-corrected chi connectivity index (χ0v) is 12.0. The van der Waals surface area contributed by atoms with E-state index in [1.807, 2.05) is 16.7 Å². The highest BCUT2D eigenvalue weighted by Gasteiger charge is 2.13. The Morgan fingerprint density at radius 2 is 2.24 bits per heavy atom. The van der Waals surface area contributed by atoms with E-state index in [0.29, 0.717) is 41.8 Å². The second-order valence-electron chi connectivity index (χ2n) is 4.44. The standard InChI is InChI=1S/C13H14N7S/c14-11-10-12(18-8-17-11)20(4-5-21)13(19-10)16-7-9-2-1-3-15-6-9/h1-3,6,8H,4-5,7H2,(H,16,19)(H2,14,17,18). The van der Waals surface area contributed by atoms with E-state index in [1.54, 1.807) is 12.4 Å². The van der Waals surface area contributed by atoms with E-state index in [-0.39, 0.29) is 0 Å². The third-order valence-electron chi connectivity index (χ3n) is 3.05. The summed E-state index contributed by atoms with van der Waals surface area (Å²) < 4.78 is 1.93. The number of imidazole rings is 1. The molecule has 0 aromatic carbocycles. The predicted molar refractivity (Wildman–Crippen MR) is 83.8 cm³/mol. The van der Waals surface area contributed by atoms with Crippen molar-refractivity contribution < 1.29 is 0 Å². The molecule has 0 spiro atoms. The number of aryl methyl sites for hydroxylation is 1. The summed E-state index contributed by atoms with van der Waals surface area (Å²) in [6, 6.07) is 3.89. The summed E-state index contributed by atoms with van der Waals surface area (Å²) in [6.45, 7) is 1.25. The maximum atomic E-state index is 5.85. The quantitative estimate of drug-likeness (QED) is 0.743. The van der Waals surface area contributed by atoms with Crippen molar-refractivity contribution in [3.8, 4) is 0 Å². The summed E-state index contributed by atoms with van der Waals surface area (Å²) in [5, 5.41) is 3.27. The van der Waals surface area contributed by atoms with Crippen molar-refractivity contribution >= 4 is 35.6 Å². The number of nitrogen functional groups attached to an aromatic ring is 1. The molecular formula is C13H14N7S. The molecule has 0 saturated heterocycles. The number of hydrogen-bond acceptors (Lipinski definition) is 6. The Morgan fingerprint density at radius 1 is 1.33 bits per heavy atom. The first kappa shape index (κ1) is 13.6. The van der Waals surface area contributed by atoms with E-state index in [4.69, 9.17) is 18.4 Å². The Hall–Kier alpha value is -2.35. The third-order valence-corrected chi connectivity index (χ3v) is 3.23. The molecule has 0 amide bonds. The molecule has 0 aliphatic rings. The normalized spacial score (nSPS) is 10.9. The average molecular weight is 300 g/mol. The summed E-state index contributed by atoms with van der Waals surface area (Å²) in [6.07, 6.45) is 4.98. The molecule has 0 atom stereocenters. The molecule has 3 N–H and O–H groups in total. The predicted octanol–water partition coefficient (Wildman–Crippen LogP) is 1.61. The van der Waals surface area contributed by atoms with Crippen LogP contribution in [0.5, 0.6) is 0 Å². The van der Waals surface area contributed by atoms with Gasteiger partial charge in [-0.25, -0.2) is 15.0 Å². The molecule has 3 aromatic heterocycles. The lowest BCUT2D eigenvalue weighted by Crippen LogP contribution is -2.09. The first-order valence-electron chi connectivity index (χ1n) is 6.47. The molecule has 107 valence electrons. The minimum atomic E-state index is 0.368. The monoisotopic (exact) mass is 300 g/mol. The molecule has 8 heteroatoms. The van der Waals surface area contributed by atoms with Gasteiger partial charge in [0.1, 0.15) is 6.33 Å². The maximum Gasteiger partial charge on any atom is 0.205 e. The second kappa shape index (κ2) is 5.96. The van der Waals surface area contributed by atoms with Crippen molar-refractivity contribution in [1.29, 1.82) is 0 Å². The van der Waals surface area contributed by atoms with Gasteiger partial charge in [-0.3, -0.25) is 9.55 Å². The molecule has 3 heterocycles. The molecule has 0 fully saturated rings. The van der Waals surface area contributed by atoms with Crippen LogP contribution < -0.4 is 11.1 Å². The van der Waals surface area contributed by atoms with Gasteiger partial charge in [0.2, 0.25) is 5.95 Å². The zero-order chi connectivity index (χ0) is 14.7. The first-order valence-corrected chi connectivity index (χ1v) is 7.05. The molecular weight excluding hydrogens is 286 g/mol. The van der Waals surface area contributed by atoms with Crippen LogP contribution in [0.3, 0.4) is 0 Å². The average Bonchev–Trinajstić information content (AvgIpc) is 2.86. The summed E-state index contributed by atoms with van der Waals surface area (Å²) in [5.41, 5.74) is 8.20. The fourth-order valence-corrected chi connectivity index (χ4v) is 2.26. The molecule has 7 nitrogen and oxygen atoms in total. The van der Waals surface area contributed by atoms with E-state index in [0.717, 1.165) is 5.56 Å². The highest BCUT2D eigenvalue weighted by Crippen LogP contribution is 2.21. The minimum absolute atomic E-state index is 0.368. The van der Waals surface area contributed by atoms with Crippen molar-refractivity contribution in [2.24, 2.45) is 0 Å². The number of fused-ring (bicyclic) bond motifs is 1. The van der Waals surface area contributed by atoms with Crippen molar-refractivity contribution in [2.75, 3.05) is 16.8 Å². The van der Waals surface area contributed by atoms with Crippen LogP contribution in [0.4, 0.5) is 11.8 Å². The molecule has 0 saturated carbocycles. The van der Waals surface area contributed by atoms with Crippen molar-refractivity contribution in [3.63, 3.8) is 0 Å². The lowest BCUT2D eigenvalue weighted by Gasteiger charge is -2.08. The van der Waals surface area contributed by atoms with Gasteiger partial charge in [-0.15, -0.1) is 0 Å². The summed E-state index contributed by atoms with van der Waals surface area (Å²) in [4.78, 5) is 16.8. The molecule has 0 bridgehead atoms. The molecule has 3 aromatic rings. The molecule has 1 radical (unpaired) electrons. The summed E-state index contributed by atoms with van der Waals surface area (Å²) in [5.74, 6) is 1.62. The highest BCUT2D eigenvalue weighted by molar-refractivity contribution is 7.80. The zero-order valence-electron chi connectivity index (χ0n) is 11.2. The number of nitrogens with two attached hydrogens (primary N) is 1. The van der Waals surface area contributed by atoms with Gasteiger partial charge in [-0.05, 0) is 11.6 Å². The fraction of sp³-hybridized carbons (Fsp3) is 0.231. The van der Waals surface area contributed by atoms with Crippen LogP contribution >= 0.6 is 12.6 Å². The van der Waals surface area contributed by atoms with Gasteiger partial charge in [0.05, 0.1) is 0 Å². The summed E-state index contributed by atoms with van der Waals surface area (Å²) in [7, 11) is 0. The van der Waals surface area contributed by atoms with E-state index in [1.165, 1.54) is 6.33 Å². The first-order chi connectivity index (χ1) is 10.3. The van der Waals surface area contributed by atoms with E-state index >= 15 is 0 Å². The Bertz CT molecular complexity index is 741. The Balaban J connectivity index is 1.93. The van der Waals surface area contributed by atoms with Crippen LogP contribution in [0.15, 0.2) is 30.9 Å². The second-order valence-corrected chi connectivity index (χ2v) is 4.85. The smallest absolute Gasteiger partial charge is 0.205 e. The molecule has 21 heavy (non-hydrogen) atoms. The van der Waals surface area contributed by atoms with Crippen LogP contribution in [-0.2, 0) is 13.1 Å². The molecule has 0 unspecified atom stereocenters. The van der Waals surface area contributed by atoms with Gasteiger partial charge in [0.25, 0.3) is 0 Å². The van der Waals surface area contributed by atoms with Gasteiger partial charge in [0, 0.05) is 31.2 Å². The number of anilines is 2. The van der Waals surface area contributed by atoms with E-state index in [2.05, 4.69) is 25.3 Å². The Morgan fingerprint density at radius 3 is 3.00 bits per heavy atom. The number of nitrogens with one attached hydrogen (secondary N) is 1. The van der Waals surface area contributed by atoms with Gasteiger partial charge in [-0.1, -0.05) is 18.7 Å². The molecule has 0 aliphatic carbocycles. The fourth-order valence-electron chi connectivity index (χ4n) is 2.08. The van der Waals surface area contributed by atoms with Gasteiger partial charge in [0.15, 0.2) is 17.0 Å². The largest absolute Gasteiger partial charge is 0.382 e. The summed E-state index contributed by atoms with van der Waals surface area (Å²) >= 11 is 5.07. The lowest BCUT2D eigenvalue weighted by molar-refractivity contribution is 0.788. The number of pyridine rings is 1. The van der Waals surface area contributed by atoms with Crippen molar-refractivity contribution in [1.82, 2.24) is 24.5 Å². The number of rotatable bonds is 5. The third kappa shape index (κ3) is 2.75. The SMILES string of the molecule is Nc1ncnc2c1nc(NCc1cccnc1)n2CC[S]. The maximum absolute atomic E-state index is 5.85. The molecule has 0 aliphatic heterocycles. The molecule has 3 rings (SSSR count). The Kier molecular flexibility index (Phi) is 3.87. The number of nitrogens with zero attached hydrogens (tertiary/aromatic N) is 5. The van der Waals surface area contributed by atoms with Crippen molar-refractivity contribution in [2.45, 2.75) is 13.1 Å². The van der Waals surface area contributed by atoms with Crippen LogP contribution in [0, 0.1) is 0 Å². The van der Waals surface area contributed by atoms with Gasteiger partial charge in [-0.2, -0.15) is 0 Å². The van der Waals surface area contributed by atoms with Crippen LogP contribution in [0.2, 0.25) is 0 Å². The minimum Gasteiger partial charge on any atom is -0.382 e. The van der Waals surface area contributed by atoms with E-state index < -0.39 is 0 Å². The van der Waals surface area contributed by atoms with Gasteiger partial charge < -0.3 is 11.1 Å². The van der Waals surface area contributed by atoms with Gasteiger partial charge >= 0.3 is 0 Å². The topological polar surface area (TPSA) is 94.5 Å². The van der Waals surface area contributed by atoms with Crippen LogP contribution in [0.25, 0.3) is 11.2 Å². The van der Waals surface area contributed by atoms with Crippen LogP contribution in [-0.4, -0.2) is 30.3 Å². The lowest BCUT2D eigenvalue weighted by atomic mass is 10.3. The number of hydrogen-bond donors (Lipinski definition) is 2.